The smallest absolute Gasteiger partial charge is 0.295 e. The summed E-state index contributed by atoms with van der Waals surface area (Å²) in [6.45, 7) is 2.23. The Hall–Kier alpha value is -3.13. The number of rotatable bonds is 7. The van der Waals surface area contributed by atoms with Crippen LogP contribution in [0.5, 0.6) is 11.5 Å². The van der Waals surface area contributed by atoms with Crippen molar-refractivity contribution < 1.29 is 28.7 Å². The van der Waals surface area contributed by atoms with Crippen LogP contribution in [0.4, 0.5) is 5.69 Å². The molecular weight excluding hydrogens is 366 g/mol. The molecule has 1 aliphatic rings. The van der Waals surface area contributed by atoms with E-state index in [4.69, 9.17) is 18.9 Å². The van der Waals surface area contributed by atoms with E-state index in [1.54, 1.807) is 38.5 Å². The van der Waals surface area contributed by atoms with Crippen molar-refractivity contribution >= 4 is 12.2 Å². The van der Waals surface area contributed by atoms with Gasteiger partial charge in [-0.15, -0.1) is 0 Å². The molecule has 8 nitrogen and oxygen atoms in total. The van der Waals surface area contributed by atoms with Gasteiger partial charge >= 0.3 is 0 Å². The van der Waals surface area contributed by atoms with Gasteiger partial charge in [-0.25, -0.2) is 0 Å². The van der Waals surface area contributed by atoms with Gasteiger partial charge < -0.3 is 18.9 Å². The van der Waals surface area contributed by atoms with Crippen LogP contribution in [0.25, 0.3) is 0 Å². The summed E-state index contributed by atoms with van der Waals surface area (Å²) in [5.41, 5.74) is 1.58. The van der Waals surface area contributed by atoms with Gasteiger partial charge in [-0.3, -0.25) is 14.9 Å². The van der Waals surface area contributed by atoms with Crippen molar-refractivity contribution in [2.45, 2.75) is 31.7 Å². The van der Waals surface area contributed by atoms with E-state index < -0.39 is 16.8 Å². The molecule has 0 aliphatic carbocycles. The molecule has 0 amide bonds. The van der Waals surface area contributed by atoms with Gasteiger partial charge in [0.2, 0.25) is 6.29 Å². The number of fused-ring (bicyclic) bond motifs is 1. The molecule has 0 aromatic heterocycles. The van der Waals surface area contributed by atoms with Crippen LogP contribution in [0, 0.1) is 10.1 Å². The number of nitro groups is 1. The molecule has 1 heterocycles. The average molecular weight is 387 g/mol. The summed E-state index contributed by atoms with van der Waals surface area (Å²) < 4.78 is 22.3. The average Bonchev–Trinajstić information content (AvgIpc) is 2.67. The second-order valence-corrected chi connectivity index (χ2v) is 6.64. The zero-order valence-corrected chi connectivity index (χ0v) is 15.8. The Morgan fingerprint density at radius 2 is 1.82 bits per heavy atom. The number of nitrogens with zero attached hydrogens (tertiary/aromatic N) is 1. The summed E-state index contributed by atoms with van der Waals surface area (Å²) in [6, 6.07) is 9.87. The Balaban J connectivity index is 2.07. The molecule has 0 saturated carbocycles. The molecule has 0 saturated heterocycles. The number of methoxy groups -OCH3 is 2. The van der Waals surface area contributed by atoms with E-state index >= 15 is 0 Å². The van der Waals surface area contributed by atoms with Crippen molar-refractivity contribution in [1.29, 1.82) is 0 Å². The molecule has 2 aromatic rings. The van der Waals surface area contributed by atoms with Gasteiger partial charge in [0.05, 0.1) is 19.1 Å². The minimum absolute atomic E-state index is 0.0141. The van der Waals surface area contributed by atoms with E-state index in [2.05, 4.69) is 0 Å². The van der Waals surface area contributed by atoms with E-state index in [1.165, 1.54) is 12.1 Å². The summed E-state index contributed by atoms with van der Waals surface area (Å²) in [7, 11) is 3.14. The largest absolute Gasteiger partial charge is 0.496 e. The first-order chi connectivity index (χ1) is 13.4. The molecule has 1 aliphatic heterocycles. The standard InChI is InChI=1S/C20H21NO7/c1-20(11-13-4-6-14(7-5-13)21(23)24)19-15(10-18(28-20)27-12-22)16(25-2)8-9-17(19)26-3/h4-9,12,18H,10-11H2,1-3H3. The highest BCUT2D eigenvalue weighted by molar-refractivity contribution is 5.54. The maximum atomic E-state index is 10.9. The maximum absolute atomic E-state index is 10.9. The van der Waals surface area contributed by atoms with Crippen LogP contribution in [0.3, 0.4) is 0 Å². The first kappa shape index (κ1) is 19.6. The van der Waals surface area contributed by atoms with Crippen molar-refractivity contribution in [3.8, 4) is 11.5 Å². The SMILES string of the molecule is COc1ccc(OC)c2c1CC(OC=O)OC2(C)Cc1ccc([N+](=O)[O-])cc1. The first-order valence-corrected chi connectivity index (χ1v) is 8.66. The number of hydrogen-bond donors (Lipinski definition) is 0. The molecule has 0 radical (unpaired) electrons. The molecule has 2 unspecified atom stereocenters. The number of carbonyl (C=O) groups excluding carboxylic acids is 1. The molecule has 28 heavy (non-hydrogen) atoms. The predicted molar refractivity (Wildman–Crippen MR) is 99.4 cm³/mol. The van der Waals surface area contributed by atoms with Crippen LogP contribution in [0.2, 0.25) is 0 Å². The quantitative estimate of drug-likeness (QED) is 0.409. The number of non-ortho nitro benzene ring substituents is 1. The van der Waals surface area contributed by atoms with Crippen LogP contribution in [-0.2, 0) is 32.7 Å². The summed E-state index contributed by atoms with van der Waals surface area (Å²) in [4.78, 5) is 21.4. The highest BCUT2D eigenvalue weighted by Gasteiger charge is 2.42. The van der Waals surface area contributed by atoms with Gasteiger partial charge in [0.25, 0.3) is 12.2 Å². The third kappa shape index (κ3) is 3.63. The molecule has 0 bridgehead atoms. The second kappa shape index (κ2) is 7.85. The summed E-state index contributed by atoms with van der Waals surface area (Å²) in [5, 5.41) is 10.9. The number of carbonyl (C=O) groups is 1. The summed E-state index contributed by atoms with van der Waals surface area (Å²) >= 11 is 0. The molecule has 3 rings (SSSR count). The molecule has 2 atom stereocenters. The lowest BCUT2D eigenvalue weighted by Crippen LogP contribution is -2.41. The van der Waals surface area contributed by atoms with Crippen LogP contribution in [0.15, 0.2) is 36.4 Å². The van der Waals surface area contributed by atoms with E-state index in [1.807, 2.05) is 6.92 Å². The van der Waals surface area contributed by atoms with Crippen molar-refractivity contribution in [3.05, 3.63) is 63.2 Å². The Kier molecular flexibility index (Phi) is 5.51. The second-order valence-electron chi connectivity index (χ2n) is 6.64. The number of hydrogen-bond acceptors (Lipinski definition) is 7. The third-order valence-corrected chi connectivity index (χ3v) is 4.86. The van der Waals surface area contributed by atoms with Crippen LogP contribution in [-0.4, -0.2) is 31.9 Å². The lowest BCUT2D eigenvalue weighted by Gasteiger charge is -2.40. The Morgan fingerprint density at radius 3 is 2.39 bits per heavy atom. The van der Waals surface area contributed by atoms with Gasteiger partial charge in [0.15, 0.2) is 0 Å². The van der Waals surface area contributed by atoms with Crippen molar-refractivity contribution in [3.63, 3.8) is 0 Å². The number of nitro benzene ring substituents is 1. The van der Waals surface area contributed by atoms with Crippen molar-refractivity contribution in [1.82, 2.24) is 0 Å². The zero-order chi connectivity index (χ0) is 20.3. The summed E-state index contributed by atoms with van der Waals surface area (Å²) in [5.74, 6) is 1.28. The molecule has 0 N–H and O–H groups in total. The van der Waals surface area contributed by atoms with Crippen LogP contribution < -0.4 is 9.47 Å². The fourth-order valence-corrected chi connectivity index (χ4v) is 3.70. The molecule has 0 spiro atoms. The predicted octanol–water partition coefficient (Wildman–Crippen LogP) is 3.14. The van der Waals surface area contributed by atoms with Crippen molar-refractivity contribution in [2.24, 2.45) is 0 Å². The van der Waals surface area contributed by atoms with Crippen LogP contribution >= 0.6 is 0 Å². The number of ether oxygens (including phenoxy) is 4. The number of benzene rings is 2. The van der Waals surface area contributed by atoms with E-state index in [9.17, 15) is 14.9 Å². The third-order valence-electron chi connectivity index (χ3n) is 4.86. The molecule has 0 fully saturated rings. The van der Waals surface area contributed by atoms with Gasteiger partial charge in [-0.05, 0) is 24.6 Å². The van der Waals surface area contributed by atoms with Crippen LogP contribution in [0.1, 0.15) is 23.6 Å². The molecule has 2 aromatic carbocycles. The normalized spacial score (nSPS) is 20.8. The van der Waals surface area contributed by atoms with E-state index in [0.717, 1.165) is 16.7 Å². The van der Waals surface area contributed by atoms with Gasteiger partial charge in [0.1, 0.15) is 17.1 Å². The first-order valence-electron chi connectivity index (χ1n) is 8.66. The Bertz CT molecular complexity index is 881. The van der Waals surface area contributed by atoms with Gasteiger partial charge in [-0.1, -0.05) is 12.1 Å². The minimum Gasteiger partial charge on any atom is -0.496 e. The summed E-state index contributed by atoms with van der Waals surface area (Å²) in [6.07, 6.45) is -0.0704. The van der Waals surface area contributed by atoms with Crippen molar-refractivity contribution in [2.75, 3.05) is 14.2 Å². The Morgan fingerprint density at radius 1 is 1.18 bits per heavy atom. The van der Waals surface area contributed by atoms with E-state index in [0.29, 0.717) is 30.8 Å². The minimum atomic E-state index is -0.905. The Labute approximate surface area is 162 Å². The maximum Gasteiger partial charge on any atom is 0.295 e. The monoisotopic (exact) mass is 387 g/mol. The highest BCUT2D eigenvalue weighted by Crippen LogP contribution is 2.46. The van der Waals surface area contributed by atoms with Gasteiger partial charge in [-0.2, -0.15) is 0 Å². The zero-order valence-electron chi connectivity index (χ0n) is 15.8. The molecule has 148 valence electrons. The fourth-order valence-electron chi connectivity index (χ4n) is 3.70. The fraction of sp³-hybridized carbons (Fsp3) is 0.350. The highest BCUT2D eigenvalue weighted by atomic mass is 16.7. The van der Waals surface area contributed by atoms with E-state index in [-0.39, 0.29) is 5.69 Å². The van der Waals surface area contributed by atoms with Gasteiger partial charge in [0, 0.05) is 36.1 Å². The lowest BCUT2D eigenvalue weighted by molar-refractivity contribution is -0.384. The lowest BCUT2D eigenvalue weighted by atomic mass is 9.81. The molecule has 8 heteroatoms. The molecular formula is C20H21NO7. The topological polar surface area (TPSA) is 97.1 Å².